The number of non-ortho nitro benzene ring substituents is 1. The van der Waals surface area contributed by atoms with Gasteiger partial charge < -0.3 is 10.1 Å². The van der Waals surface area contributed by atoms with Crippen molar-refractivity contribution in [1.82, 2.24) is 5.32 Å². The van der Waals surface area contributed by atoms with Crippen LogP contribution in [0.1, 0.15) is 28.8 Å². The smallest absolute Gasteiger partial charge is 0.271 e. The molecule has 3 aromatic rings. The minimum Gasteiger partial charge on any atom is -0.495 e. The Hall–Kier alpha value is -3.92. The summed E-state index contributed by atoms with van der Waals surface area (Å²) in [5.41, 5.74) is 1.05. The number of carbonyl (C=O) groups is 1. The first-order valence-corrected chi connectivity index (χ1v) is 11.5. The largest absolute Gasteiger partial charge is 0.495 e. The van der Waals surface area contributed by atoms with Gasteiger partial charge in [-0.2, -0.15) is 0 Å². The van der Waals surface area contributed by atoms with Crippen molar-refractivity contribution in [2.45, 2.75) is 17.7 Å². The zero-order valence-corrected chi connectivity index (χ0v) is 18.8. The number of nitrogens with one attached hydrogen (secondary N) is 2. The lowest BCUT2D eigenvalue weighted by molar-refractivity contribution is -0.384. The second-order valence-corrected chi connectivity index (χ2v) is 8.98. The van der Waals surface area contributed by atoms with Gasteiger partial charge >= 0.3 is 0 Å². The molecule has 0 fully saturated rings. The molecular formula is C23H23N3O6S. The number of carbonyl (C=O) groups excluding carboxylic acids is 1. The third-order valence-electron chi connectivity index (χ3n) is 5.00. The molecular weight excluding hydrogens is 446 g/mol. The fraction of sp³-hybridized carbons (Fsp3) is 0.174. The van der Waals surface area contributed by atoms with E-state index in [9.17, 15) is 23.3 Å². The van der Waals surface area contributed by atoms with Crippen molar-refractivity contribution in [2.24, 2.45) is 0 Å². The summed E-state index contributed by atoms with van der Waals surface area (Å²) in [4.78, 5) is 22.7. The summed E-state index contributed by atoms with van der Waals surface area (Å²) < 4.78 is 32.9. The molecule has 2 N–H and O–H groups in total. The monoisotopic (exact) mass is 469 g/mol. The first kappa shape index (κ1) is 23.7. The van der Waals surface area contributed by atoms with Gasteiger partial charge in [-0.25, -0.2) is 8.42 Å². The van der Waals surface area contributed by atoms with E-state index in [0.29, 0.717) is 12.1 Å². The molecule has 0 saturated carbocycles. The van der Waals surface area contributed by atoms with Crippen LogP contribution in [0.3, 0.4) is 0 Å². The maximum atomic E-state index is 12.8. The number of nitro groups is 1. The standard InChI is InChI=1S/C23H23N3O6S/c1-16(17-6-4-3-5-7-17)15-24-23(27)18-8-11-20(12-9-18)33(30,31)25-21-14-19(26(28)29)10-13-22(21)32-2/h3-14,16,25H,15H2,1-2H3,(H,24,27). The van der Waals surface area contributed by atoms with Gasteiger partial charge in [-0.3, -0.25) is 19.6 Å². The number of amides is 1. The van der Waals surface area contributed by atoms with E-state index in [0.717, 1.165) is 11.6 Å². The minimum atomic E-state index is -4.08. The molecule has 3 aromatic carbocycles. The summed E-state index contributed by atoms with van der Waals surface area (Å²) in [5.74, 6) is -0.0772. The van der Waals surface area contributed by atoms with Crippen LogP contribution in [0.5, 0.6) is 5.75 Å². The number of nitrogens with zero attached hydrogens (tertiary/aromatic N) is 1. The van der Waals surface area contributed by atoms with Gasteiger partial charge in [0.1, 0.15) is 5.75 Å². The quantitative estimate of drug-likeness (QED) is 0.361. The van der Waals surface area contributed by atoms with Crippen LogP contribution in [-0.2, 0) is 10.0 Å². The second kappa shape index (κ2) is 10.1. The first-order chi connectivity index (χ1) is 15.7. The Bertz CT molecular complexity index is 1240. The van der Waals surface area contributed by atoms with Crippen molar-refractivity contribution in [3.63, 3.8) is 0 Å². The summed E-state index contributed by atoms with van der Waals surface area (Å²) >= 11 is 0. The number of ether oxygens (including phenoxy) is 1. The Balaban J connectivity index is 1.70. The SMILES string of the molecule is COc1ccc([N+](=O)[O-])cc1NS(=O)(=O)c1ccc(C(=O)NCC(C)c2ccccc2)cc1. The number of anilines is 1. The molecule has 0 radical (unpaired) electrons. The highest BCUT2D eigenvalue weighted by Gasteiger charge is 2.20. The van der Waals surface area contributed by atoms with Crippen LogP contribution < -0.4 is 14.8 Å². The molecule has 3 rings (SSSR count). The molecule has 33 heavy (non-hydrogen) atoms. The third kappa shape index (κ3) is 5.86. The number of methoxy groups -OCH3 is 1. The number of hydrogen-bond acceptors (Lipinski definition) is 6. The van der Waals surface area contributed by atoms with Crippen molar-refractivity contribution >= 4 is 27.3 Å². The number of rotatable bonds is 9. The lowest BCUT2D eigenvalue weighted by atomic mass is 10.0. The Kier molecular flexibility index (Phi) is 7.29. The van der Waals surface area contributed by atoms with Crippen LogP contribution in [0, 0.1) is 10.1 Å². The van der Waals surface area contributed by atoms with Gasteiger partial charge in [-0.1, -0.05) is 37.3 Å². The minimum absolute atomic E-state index is 0.0663. The average molecular weight is 470 g/mol. The Morgan fingerprint density at radius 1 is 1.06 bits per heavy atom. The zero-order chi connectivity index (χ0) is 24.0. The van der Waals surface area contributed by atoms with Crippen LogP contribution in [0.2, 0.25) is 0 Å². The lowest BCUT2D eigenvalue weighted by Crippen LogP contribution is -2.27. The highest BCUT2D eigenvalue weighted by molar-refractivity contribution is 7.92. The van der Waals surface area contributed by atoms with Gasteiger partial charge in [0.15, 0.2) is 0 Å². The highest BCUT2D eigenvalue weighted by Crippen LogP contribution is 2.30. The number of hydrogen-bond donors (Lipinski definition) is 2. The van der Waals surface area contributed by atoms with Crippen LogP contribution in [0.15, 0.2) is 77.7 Å². The predicted molar refractivity (Wildman–Crippen MR) is 124 cm³/mol. The van der Waals surface area contributed by atoms with Crippen molar-refractivity contribution in [3.05, 3.63) is 94.0 Å². The van der Waals surface area contributed by atoms with Gasteiger partial charge in [-0.05, 0) is 41.8 Å². The third-order valence-corrected chi connectivity index (χ3v) is 6.38. The summed E-state index contributed by atoms with van der Waals surface area (Å²) in [6.07, 6.45) is 0. The van der Waals surface area contributed by atoms with Crippen LogP contribution in [0.4, 0.5) is 11.4 Å². The molecule has 0 bridgehead atoms. The van der Waals surface area contributed by atoms with E-state index in [4.69, 9.17) is 4.74 Å². The van der Waals surface area contributed by atoms with Gasteiger partial charge in [-0.15, -0.1) is 0 Å². The molecule has 9 nitrogen and oxygen atoms in total. The Morgan fingerprint density at radius 3 is 2.33 bits per heavy atom. The zero-order valence-electron chi connectivity index (χ0n) is 18.0. The summed E-state index contributed by atoms with van der Waals surface area (Å²) in [5, 5.41) is 13.9. The molecule has 0 aliphatic rings. The van der Waals surface area contributed by atoms with E-state index >= 15 is 0 Å². The number of benzene rings is 3. The van der Waals surface area contributed by atoms with Crippen molar-refractivity contribution in [1.29, 1.82) is 0 Å². The molecule has 1 unspecified atom stereocenters. The summed E-state index contributed by atoms with van der Waals surface area (Å²) in [6.45, 7) is 2.43. The summed E-state index contributed by atoms with van der Waals surface area (Å²) in [7, 11) is -2.75. The van der Waals surface area contributed by atoms with Gasteiger partial charge in [0.2, 0.25) is 0 Å². The predicted octanol–water partition coefficient (Wildman–Crippen LogP) is 3.94. The van der Waals surface area contributed by atoms with Crippen molar-refractivity contribution in [2.75, 3.05) is 18.4 Å². The van der Waals surface area contributed by atoms with Gasteiger partial charge in [0.25, 0.3) is 21.6 Å². The molecule has 0 aromatic heterocycles. The topological polar surface area (TPSA) is 128 Å². The second-order valence-electron chi connectivity index (χ2n) is 7.29. The van der Waals surface area contributed by atoms with E-state index < -0.39 is 14.9 Å². The number of sulfonamides is 1. The molecule has 0 saturated heterocycles. The van der Waals surface area contributed by atoms with Crippen LogP contribution in [-0.4, -0.2) is 32.9 Å². The Labute approximate surface area is 191 Å². The number of nitro benzene ring substituents is 1. The van der Waals surface area contributed by atoms with E-state index in [-0.39, 0.29) is 33.8 Å². The van der Waals surface area contributed by atoms with E-state index in [2.05, 4.69) is 10.0 Å². The molecule has 1 amide bonds. The van der Waals surface area contributed by atoms with Crippen molar-refractivity contribution in [3.8, 4) is 5.75 Å². The van der Waals surface area contributed by atoms with E-state index in [1.807, 2.05) is 37.3 Å². The fourth-order valence-electron chi connectivity index (χ4n) is 3.13. The molecule has 0 spiro atoms. The molecule has 10 heteroatoms. The van der Waals surface area contributed by atoms with Crippen LogP contribution >= 0.6 is 0 Å². The van der Waals surface area contributed by atoms with Gasteiger partial charge in [0, 0.05) is 24.2 Å². The maximum absolute atomic E-state index is 12.8. The van der Waals surface area contributed by atoms with E-state index in [1.54, 1.807) is 0 Å². The molecule has 0 aliphatic heterocycles. The van der Waals surface area contributed by atoms with E-state index in [1.165, 1.54) is 43.5 Å². The normalized spacial score (nSPS) is 11.9. The highest BCUT2D eigenvalue weighted by atomic mass is 32.2. The van der Waals surface area contributed by atoms with Crippen molar-refractivity contribution < 1.29 is 22.9 Å². The fourth-order valence-corrected chi connectivity index (χ4v) is 4.19. The molecule has 172 valence electrons. The Morgan fingerprint density at radius 2 is 1.73 bits per heavy atom. The molecule has 0 aliphatic carbocycles. The van der Waals surface area contributed by atoms with Crippen LogP contribution in [0.25, 0.3) is 0 Å². The average Bonchev–Trinajstić information content (AvgIpc) is 2.82. The lowest BCUT2D eigenvalue weighted by Gasteiger charge is -2.14. The summed E-state index contributed by atoms with van der Waals surface area (Å²) in [6, 6.07) is 18.8. The maximum Gasteiger partial charge on any atom is 0.271 e. The molecule has 0 heterocycles. The first-order valence-electron chi connectivity index (χ1n) is 9.99. The van der Waals surface area contributed by atoms with Gasteiger partial charge in [0.05, 0.1) is 22.6 Å². The molecule has 1 atom stereocenters.